The Morgan fingerprint density at radius 2 is 1.83 bits per heavy atom. The lowest BCUT2D eigenvalue weighted by Gasteiger charge is -2.04. The van der Waals surface area contributed by atoms with Crippen LogP contribution in [0.3, 0.4) is 0 Å². The average Bonchev–Trinajstić information content (AvgIpc) is 2.30. The van der Waals surface area contributed by atoms with Gasteiger partial charge in [0, 0.05) is 25.8 Å². The van der Waals surface area contributed by atoms with Gasteiger partial charge in [0.15, 0.2) is 0 Å². The smallest absolute Gasteiger partial charge is 0.321 e. The number of rotatable bonds is 7. The zero-order chi connectivity index (χ0) is 13.8. The molecule has 0 aliphatic heterocycles. The number of amides is 3. The minimum absolute atomic E-state index is 0.0369. The lowest BCUT2D eigenvalue weighted by molar-refractivity contribution is -0.137. The Morgan fingerprint density at radius 3 is 2.44 bits per heavy atom. The molecule has 0 aliphatic carbocycles. The highest BCUT2D eigenvalue weighted by atomic mass is 16.4. The molecule has 0 rings (SSSR count). The predicted molar refractivity (Wildman–Crippen MR) is 65.7 cm³/mol. The molecule has 0 aromatic carbocycles. The molecule has 0 aliphatic rings. The zero-order valence-electron chi connectivity index (χ0n) is 10.4. The van der Waals surface area contributed by atoms with Crippen molar-refractivity contribution in [2.24, 2.45) is 0 Å². The molecule has 0 atom stereocenters. The summed E-state index contributed by atoms with van der Waals surface area (Å²) in [6, 6.07) is -0.545. The van der Waals surface area contributed by atoms with E-state index in [1.165, 1.54) is 0 Å². The largest absolute Gasteiger partial charge is 0.481 e. The summed E-state index contributed by atoms with van der Waals surface area (Å²) in [5.41, 5.74) is 0. The summed E-state index contributed by atoms with van der Waals surface area (Å²) in [5.74, 6) is 4.18. The molecular formula is C12H18N2O4. The van der Waals surface area contributed by atoms with Gasteiger partial charge < -0.3 is 10.4 Å². The summed E-state index contributed by atoms with van der Waals surface area (Å²) < 4.78 is 0. The number of carboxylic acid groups (broad SMARTS) is 1. The second-order valence-corrected chi connectivity index (χ2v) is 3.58. The second kappa shape index (κ2) is 10.1. The molecule has 0 heterocycles. The number of carbonyl (C=O) groups excluding carboxylic acids is 2. The van der Waals surface area contributed by atoms with E-state index in [4.69, 9.17) is 5.11 Å². The number of hydrogen-bond acceptors (Lipinski definition) is 3. The van der Waals surface area contributed by atoms with E-state index in [0.717, 1.165) is 0 Å². The van der Waals surface area contributed by atoms with Crippen molar-refractivity contribution in [3.8, 4) is 11.8 Å². The Bertz CT molecular complexity index is 355. The highest BCUT2D eigenvalue weighted by Gasteiger charge is 2.06. The summed E-state index contributed by atoms with van der Waals surface area (Å²) in [7, 11) is 0. The van der Waals surface area contributed by atoms with Gasteiger partial charge in [0.1, 0.15) is 0 Å². The van der Waals surface area contributed by atoms with Gasteiger partial charge >= 0.3 is 12.0 Å². The SMILES string of the molecule is CC#CCCNC(=O)NC(=O)CCCCC(=O)O. The van der Waals surface area contributed by atoms with Crippen LogP contribution in [0.2, 0.25) is 0 Å². The maximum absolute atomic E-state index is 11.2. The minimum atomic E-state index is -0.884. The highest BCUT2D eigenvalue weighted by molar-refractivity contribution is 5.94. The molecule has 0 saturated heterocycles. The zero-order valence-corrected chi connectivity index (χ0v) is 10.4. The quantitative estimate of drug-likeness (QED) is 0.464. The fourth-order valence-electron chi connectivity index (χ4n) is 1.16. The lowest BCUT2D eigenvalue weighted by atomic mass is 10.2. The van der Waals surface area contributed by atoms with Crippen LogP contribution in [0.5, 0.6) is 0 Å². The van der Waals surface area contributed by atoms with E-state index in [0.29, 0.717) is 25.8 Å². The molecule has 0 aromatic heterocycles. The first-order chi connectivity index (χ1) is 8.56. The molecular weight excluding hydrogens is 236 g/mol. The van der Waals surface area contributed by atoms with E-state index in [1.807, 2.05) is 0 Å². The van der Waals surface area contributed by atoms with Crippen LogP contribution >= 0.6 is 0 Å². The molecule has 3 amide bonds. The van der Waals surface area contributed by atoms with Crippen LogP contribution in [0.4, 0.5) is 4.79 Å². The normalized spacial score (nSPS) is 8.94. The standard InChI is InChI=1S/C12H18N2O4/c1-2-3-6-9-13-12(18)14-10(15)7-4-5-8-11(16)17/h4-9H2,1H3,(H,16,17)(H2,13,14,15,18). The number of nitrogens with one attached hydrogen (secondary N) is 2. The molecule has 100 valence electrons. The van der Waals surface area contributed by atoms with Crippen molar-refractivity contribution in [1.29, 1.82) is 0 Å². The molecule has 0 spiro atoms. The molecule has 0 radical (unpaired) electrons. The molecule has 0 fully saturated rings. The van der Waals surface area contributed by atoms with Crippen LogP contribution < -0.4 is 10.6 Å². The summed E-state index contributed by atoms with van der Waals surface area (Å²) in [5, 5.41) is 13.0. The Kier molecular flexibility index (Phi) is 9.00. The van der Waals surface area contributed by atoms with Gasteiger partial charge in [0.05, 0.1) is 0 Å². The Hall–Kier alpha value is -2.03. The minimum Gasteiger partial charge on any atom is -0.481 e. The third-order valence-electron chi connectivity index (χ3n) is 2.01. The number of imide groups is 1. The predicted octanol–water partition coefficient (Wildman–Crippen LogP) is 0.871. The molecule has 6 nitrogen and oxygen atoms in total. The number of aliphatic carboxylic acids is 1. The second-order valence-electron chi connectivity index (χ2n) is 3.58. The van der Waals surface area contributed by atoms with Crippen molar-refractivity contribution in [3.63, 3.8) is 0 Å². The maximum Gasteiger partial charge on any atom is 0.321 e. The van der Waals surface area contributed by atoms with E-state index >= 15 is 0 Å². The first-order valence-corrected chi connectivity index (χ1v) is 5.75. The molecule has 0 aromatic rings. The van der Waals surface area contributed by atoms with E-state index < -0.39 is 17.9 Å². The molecule has 0 bridgehead atoms. The average molecular weight is 254 g/mol. The molecule has 6 heteroatoms. The first-order valence-electron chi connectivity index (χ1n) is 5.75. The Morgan fingerprint density at radius 1 is 1.17 bits per heavy atom. The summed E-state index contributed by atoms with van der Waals surface area (Å²) in [4.78, 5) is 32.6. The van der Waals surface area contributed by atoms with Gasteiger partial charge in [-0.2, -0.15) is 0 Å². The summed E-state index contributed by atoms with van der Waals surface area (Å²) in [6.07, 6.45) is 1.60. The first kappa shape index (κ1) is 16.0. The van der Waals surface area contributed by atoms with E-state index in [-0.39, 0.29) is 12.8 Å². The van der Waals surface area contributed by atoms with Crippen LogP contribution in [0.25, 0.3) is 0 Å². The van der Waals surface area contributed by atoms with Crippen molar-refractivity contribution in [1.82, 2.24) is 10.6 Å². The topological polar surface area (TPSA) is 95.5 Å². The third kappa shape index (κ3) is 10.5. The number of carboxylic acids is 1. The van der Waals surface area contributed by atoms with Crippen LogP contribution in [0, 0.1) is 11.8 Å². The Balaban J connectivity index is 3.57. The summed E-state index contributed by atoms with van der Waals surface area (Å²) >= 11 is 0. The van der Waals surface area contributed by atoms with Crippen molar-refractivity contribution in [3.05, 3.63) is 0 Å². The maximum atomic E-state index is 11.2. The van der Waals surface area contributed by atoms with Gasteiger partial charge in [-0.25, -0.2) is 4.79 Å². The van der Waals surface area contributed by atoms with Crippen molar-refractivity contribution < 1.29 is 19.5 Å². The van der Waals surface area contributed by atoms with E-state index in [1.54, 1.807) is 6.92 Å². The number of unbranched alkanes of at least 4 members (excludes halogenated alkanes) is 1. The van der Waals surface area contributed by atoms with E-state index in [2.05, 4.69) is 22.5 Å². The fourth-order valence-corrected chi connectivity index (χ4v) is 1.16. The third-order valence-corrected chi connectivity index (χ3v) is 2.01. The molecule has 3 N–H and O–H groups in total. The van der Waals surface area contributed by atoms with Gasteiger partial charge in [-0.05, 0) is 19.8 Å². The number of hydrogen-bond donors (Lipinski definition) is 3. The lowest BCUT2D eigenvalue weighted by Crippen LogP contribution is -2.39. The van der Waals surface area contributed by atoms with Crippen molar-refractivity contribution in [2.45, 2.75) is 39.0 Å². The van der Waals surface area contributed by atoms with Crippen molar-refractivity contribution >= 4 is 17.9 Å². The van der Waals surface area contributed by atoms with Gasteiger partial charge in [0.2, 0.25) is 5.91 Å². The molecule has 18 heavy (non-hydrogen) atoms. The fraction of sp³-hybridized carbons (Fsp3) is 0.583. The van der Waals surface area contributed by atoms with Crippen LogP contribution in [-0.4, -0.2) is 29.6 Å². The van der Waals surface area contributed by atoms with Gasteiger partial charge in [-0.3, -0.25) is 14.9 Å². The van der Waals surface area contributed by atoms with Crippen LogP contribution in [0.15, 0.2) is 0 Å². The van der Waals surface area contributed by atoms with E-state index in [9.17, 15) is 14.4 Å². The van der Waals surface area contributed by atoms with Crippen LogP contribution in [-0.2, 0) is 9.59 Å². The van der Waals surface area contributed by atoms with Crippen molar-refractivity contribution in [2.75, 3.05) is 6.54 Å². The molecule has 0 saturated carbocycles. The number of urea groups is 1. The Labute approximate surface area is 106 Å². The highest BCUT2D eigenvalue weighted by Crippen LogP contribution is 1.99. The van der Waals surface area contributed by atoms with Gasteiger partial charge in [-0.1, -0.05) is 0 Å². The number of carbonyl (C=O) groups is 3. The van der Waals surface area contributed by atoms with Gasteiger partial charge in [0.25, 0.3) is 0 Å². The summed E-state index contributed by atoms with van der Waals surface area (Å²) in [6.45, 7) is 2.10. The molecule has 0 unspecified atom stereocenters. The van der Waals surface area contributed by atoms with Gasteiger partial charge in [-0.15, -0.1) is 11.8 Å². The monoisotopic (exact) mass is 254 g/mol. The van der Waals surface area contributed by atoms with Crippen LogP contribution in [0.1, 0.15) is 39.0 Å².